The Hall–Kier alpha value is -1.68. The quantitative estimate of drug-likeness (QED) is 0.711. The summed E-state index contributed by atoms with van der Waals surface area (Å²) < 4.78 is 0.692. The largest absolute Gasteiger partial charge is 0.337 e. The van der Waals surface area contributed by atoms with Gasteiger partial charge in [-0.05, 0) is 37.5 Å². The van der Waals surface area contributed by atoms with Crippen LogP contribution in [0, 0.1) is 11.7 Å². The number of Topliss-reactive ketones (excluding diaryl/α,β-unsaturated/α-hetero) is 1. The standard InChI is InChI=1S/C10H10O.C4H6N2S/c11-10-7-3-5-8-4-1-2-6-9(8)10;1-3-2-5-4(7)6-3/h1-2,4,6H,3,5,7H2;2H,1H3,(H2,5,6,7). The Morgan fingerprint density at radius 3 is 2.56 bits per heavy atom. The van der Waals surface area contributed by atoms with Gasteiger partial charge in [0.2, 0.25) is 0 Å². The van der Waals surface area contributed by atoms with Crippen molar-refractivity contribution in [2.24, 2.45) is 0 Å². The highest BCUT2D eigenvalue weighted by Crippen LogP contribution is 2.19. The van der Waals surface area contributed by atoms with E-state index in [1.165, 1.54) is 5.56 Å². The van der Waals surface area contributed by atoms with Gasteiger partial charge >= 0.3 is 0 Å². The number of hydrogen-bond donors (Lipinski definition) is 2. The van der Waals surface area contributed by atoms with Gasteiger partial charge in [-0.1, -0.05) is 24.3 Å². The zero-order valence-electron chi connectivity index (χ0n) is 10.3. The Balaban J connectivity index is 0.000000149. The number of fused-ring (bicyclic) bond motifs is 1. The van der Waals surface area contributed by atoms with E-state index in [1.807, 2.05) is 37.4 Å². The molecule has 0 bridgehead atoms. The number of hydrogen-bond acceptors (Lipinski definition) is 2. The maximum absolute atomic E-state index is 11.3. The van der Waals surface area contributed by atoms with E-state index in [2.05, 4.69) is 9.97 Å². The third kappa shape index (κ3) is 3.17. The van der Waals surface area contributed by atoms with Crippen LogP contribution in [-0.2, 0) is 6.42 Å². The second-order valence-electron chi connectivity index (χ2n) is 4.36. The van der Waals surface area contributed by atoms with Crippen molar-refractivity contribution in [2.75, 3.05) is 0 Å². The number of ketones is 1. The molecule has 0 aliphatic heterocycles. The average Bonchev–Trinajstić information content (AvgIpc) is 2.75. The molecule has 1 aromatic carbocycles. The van der Waals surface area contributed by atoms with Gasteiger partial charge in [-0.3, -0.25) is 4.79 Å². The molecule has 0 saturated carbocycles. The van der Waals surface area contributed by atoms with Gasteiger partial charge in [-0.2, -0.15) is 0 Å². The molecule has 0 saturated heterocycles. The lowest BCUT2D eigenvalue weighted by Gasteiger charge is -2.12. The molecule has 3 nitrogen and oxygen atoms in total. The summed E-state index contributed by atoms with van der Waals surface area (Å²) in [5.41, 5.74) is 3.24. The number of aromatic nitrogens is 2. The van der Waals surface area contributed by atoms with Gasteiger partial charge in [0, 0.05) is 23.9 Å². The number of H-pyrrole nitrogens is 2. The Kier molecular flexibility index (Phi) is 4.10. The van der Waals surface area contributed by atoms with Crippen LogP contribution in [0.15, 0.2) is 30.5 Å². The molecule has 0 spiro atoms. The molecule has 0 unspecified atom stereocenters. The van der Waals surface area contributed by atoms with Crippen LogP contribution in [0.4, 0.5) is 0 Å². The van der Waals surface area contributed by atoms with Gasteiger partial charge < -0.3 is 9.97 Å². The van der Waals surface area contributed by atoms with E-state index < -0.39 is 0 Å². The fraction of sp³-hybridized carbons (Fsp3) is 0.286. The summed E-state index contributed by atoms with van der Waals surface area (Å²) in [6.45, 7) is 1.95. The topological polar surface area (TPSA) is 48.6 Å². The van der Waals surface area contributed by atoms with Gasteiger partial charge in [-0.25, -0.2) is 0 Å². The van der Waals surface area contributed by atoms with Crippen molar-refractivity contribution in [2.45, 2.75) is 26.2 Å². The minimum absolute atomic E-state index is 0.312. The smallest absolute Gasteiger partial charge is 0.174 e. The van der Waals surface area contributed by atoms with Gasteiger partial charge in [0.15, 0.2) is 10.6 Å². The van der Waals surface area contributed by atoms with Gasteiger partial charge in [0.05, 0.1) is 0 Å². The van der Waals surface area contributed by atoms with Crippen molar-refractivity contribution in [1.82, 2.24) is 9.97 Å². The van der Waals surface area contributed by atoms with Crippen LogP contribution in [0.1, 0.15) is 34.5 Å². The molecule has 0 amide bonds. The summed E-state index contributed by atoms with van der Waals surface area (Å²) in [7, 11) is 0. The first-order valence-corrected chi connectivity index (χ1v) is 6.43. The maximum Gasteiger partial charge on any atom is 0.174 e. The van der Waals surface area contributed by atoms with E-state index in [0.717, 1.165) is 30.5 Å². The molecule has 94 valence electrons. The summed E-state index contributed by atoms with van der Waals surface area (Å²) in [5, 5.41) is 0. The molecule has 3 rings (SSSR count). The number of benzene rings is 1. The van der Waals surface area contributed by atoms with Gasteiger partial charge in [0.1, 0.15) is 0 Å². The molecule has 2 aromatic rings. The lowest BCUT2D eigenvalue weighted by molar-refractivity contribution is 0.0972. The molecule has 0 atom stereocenters. The predicted molar refractivity (Wildman–Crippen MR) is 74.4 cm³/mol. The Morgan fingerprint density at radius 1 is 1.22 bits per heavy atom. The van der Waals surface area contributed by atoms with Crippen molar-refractivity contribution in [3.05, 3.63) is 52.1 Å². The molecule has 0 fully saturated rings. The highest BCUT2D eigenvalue weighted by Gasteiger charge is 2.14. The molecule has 1 aliphatic rings. The van der Waals surface area contributed by atoms with Crippen LogP contribution >= 0.6 is 12.2 Å². The van der Waals surface area contributed by atoms with E-state index in [1.54, 1.807) is 0 Å². The van der Waals surface area contributed by atoms with Crippen LogP contribution in [0.3, 0.4) is 0 Å². The molecular weight excluding hydrogens is 244 g/mol. The fourth-order valence-corrected chi connectivity index (χ4v) is 2.23. The van der Waals surface area contributed by atoms with Crippen LogP contribution in [0.25, 0.3) is 0 Å². The maximum atomic E-state index is 11.3. The van der Waals surface area contributed by atoms with Crippen molar-refractivity contribution < 1.29 is 4.79 Å². The lowest BCUT2D eigenvalue weighted by Crippen LogP contribution is -2.09. The van der Waals surface area contributed by atoms with E-state index in [0.29, 0.717) is 10.6 Å². The first kappa shape index (κ1) is 12.8. The molecule has 2 N–H and O–H groups in total. The molecule has 18 heavy (non-hydrogen) atoms. The number of carbonyl (C=O) groups is 1. The Bertz CT molecular complexity index is 598. The third-order valence-corrected chi connectivity index (χ3v) is 3.12. The number of imidazole rings is 1. The normalized spacial score (nSPS) is 13.5. The summed E-state index contributed by atoms with van der Waals surface area (Å²) >= 11 is 4.72. The number of carbonyl (C=O) groups excluding carboxylic acids is 1. The van der Waals surface area contributed by atoms with E-state index in [9.17, 15) is 4.79 Å². The minimum Gasteiger partial charge on any atom is -0.337 e. The zero-order valence-corrected chi connectivity index (χ0v) is 11.1. The van der Waals surface area contributed by atoms with Crippen LogP contribution in [-0.4, -0.2) is 15.8 Å². The molecule has 1 aromatic heterocycles. The second-order valence-corrected chi connectivity index (χ2v) is 4.77. The number of aryl methyl sites for hydroxylation is 2. The molecular formula is C14H16N2OS. The average molecular weight is 260 g/mol. The van der Waals surface area contributed by atoms with Crippen LogP contribution in [0.2, 0.25) is 0 Å². The van der Waals surface area contributed by atoms with E-state index in [4.69, 9.17) is 12.2 Å². The van der Waals surface area contributed by atoms with Crippen LogP contribution < -0.4 is 0 Å². The van der Waals surface area contributed by atoms with Gasteiger partial charge in [0.25, 0.3) is 0 Å². The summed E-state index contributed by atoms with van der Waals surface area (Å²) in [6, 6.07) is 7.91. The number of nitrogens with one attached hydrogen (secondary N) is 2. The first-order valence-electron chi connectivity index (χ1n) is 6.02. The van der Waals surface area contributed by atoms with Crippen molar-refractivity contribution in [1.29, 1.82) is 0 Å². The van der Waals surface area contributed by atoms with E-state index in [-0.39, 0.29) is 0 Å². The summed E-state index contributed by atoms with van der Waals surface area (Å²) in [5.74, 6) is 0.312. The molecule has 0 radical (unpaired) electrons. The number of rotatable bonds is 0. The second kappa shape index (κ2) is 5.78. The Morgan fingerprint density at radius 2 is 2.00 bits per heavy atom. The predicted octanol–water partition coefficient (Wildman–Crippen LogP) is 3.59. The van der Waals surface area contributed by atoms with Crippen molar-refractivity contribution in [3.63, 3.8) is 0 Å². The fourth-order valence-electron chi connectivity index (χ4n) is 2.01. The van der Waals surface area contributed by atoms with E-state index >= 15 is 0 Å². The highest BCUT2D eigenvalue weighted by atomic mass is 32.1. The summed E-state index contributed by atoms with van der Waals surface area (Å²) in [6.07, 6.45) is 4.66. The molecule has 4 heteroatoms. The number of aromatic amines is 2. The van der Waals surface area contributed by atoms with Crippen molar-refractivity contribution >= 4 is 18.0 Å². The van der Waals surface area contributed by atoms with Crippen LogP contribution in [0.5, 0.6) is 0 Å². The molecule has 1 heterocycles. The highest BCUT2D eigenvalue weighted by molar-refractivity contribution is 7.71. The summed E-state index contributed by atoms with van der Waals surface area (Å²) in [4.78, 5) is 17.0. The Labute approximate surface area is 111 Å². The van der Waals surface area contributed by atoms with Crippen molar-refractivity contribution in [3.8, 4) is 0 Å². The minimum atomic E-state index is 0.312. The molecule has 1 aliphatic carbocycles. The zero-order chi connectivity index (χ0) is 13.0. The SMILES string of the molecule is Cc1c[nH]c(=S)[nH]1.O=C1CCCc2ccccc21. The first-order chi connectivity index (χ1) is 8.66. The third-order valence-electron chi connectivity index (χ3n) is 2.90. The monoisotopic (exact) mass is 260 g/mol. The lowest BCUT2D eigenvalue weighted by atomic mass is 9.91. The van der Waals surface area contributed by atoms with Gasteiger partial charge in [-0.15, -0.1) is 0 Å².